The maximum Gasteiger partial charge on any atom is 0.355 e. The van der Waals surface area contributed by atoms with Crippen molar-refractivity contribution in [3.8, 4) is 0 Å². The summed E-state index contributed by atoms with van der Waals surface area (Å²) < 4.78 is 13.8. The van der Waals surface area contributed by atoms with Crippen molar-refractivity contribution in [1.29, 1.82) is 0 Å². The molecule has 1 aliphatic rings. The second-order valence-electron chi connectivity index (χ2n) is 5.99. The minimum atomic E-state index is -1.05. The Kier molecular flexibility index (Phi) is 4.62. The van der Waals surface area contributed by atoms with E-state index in [1.54, 1.807) is 18.2 Å². The van der Waals surface area contributed by atoms with E-state index in [0.29, 0.717) is 30.0 Å². The van der Waals surface area contributed by atoms with Crippen LogP contribution in [0, 0.1) is 11.2 Å². The zero-order valence-electron chi connectivity index (χ0n) is 12.9. The molecule has 1 fully saturated rings. The first kappa shape index (κ1) is 16.6. The number of carboxylic acid groups (broad SMARTS) is 1. The first-order chi connectivity index (χ1) is 11.5. The van der Waals surface area contributed by atoms with E-state index < -0.39 is 11.4 Å². The molecule has 0 saturated heterocycles. The summed E-state index contributed by atoms with van der Waals surface area (Å²) in [5, 5.41) is 13.9. The number of carbonyl (C=O) groups excluding carboxylic acids is 1. The van der Waals surface area contributed by atoms with Crippen LogP contribution in [-0.4, -0.2) is 28.5 Å². The summed E-state index contributed by atoms with van der Waals surface area (Å²) in [7, 11) is 0. The molecular weight excluding hydrogens is 331 g/mol. The average molecular weight is 348 g/mol. The molecule has 0 radical (unpaired) electrons. The van der Waals surface area contributed by atoms with Gasteiger partial charge >= 0.3 is 5.97 Å². The number of aromatic carboxylic acids is 1. The number of benzene rings is 1. The van der Waals surface area contributed by atoms with Crippen molar-refractivity contribution < 1.29 is 19.1 Å². The van der Waals surface area contributed by atoms with E-state index in [0.717, 1.165) is 12.8 Å². The van der Waals surface area contributed by atoms with E-state index in [-0.39, 0.29) is 17.4 Å². The number of rotatable bonds is 7. The highest BCUT2D eigenvalue weighted by molar-refractivity contribution is 7.09. The van der Waals surface area contributed by atoms with Crippen molar-refractivity contribution in [2.75, 3.05) is 6.54 Å². The van der Waals surface area contributed by atoms with Gasteiger partial charge in [-0.15, -0.1) is 11.3 Å². The largest absolute Gasteiger partial charge is 0.476 e. The highest BCUT2D eigenvalue weighted by Gasteiger charge is 2.49. The molecule has 2 aromatic rings. The predicted molar refractivity (Wildman–Crippen MR) is 87.6 cm³/mol. The molecule has 24 heavy (non-hydrogen) atoms. The number of hydrogen-bond acceptors (Lipinski definition) is 4. The molecule has 7 heteroatoms. The van der Waals surface area contributed by atoms with Gasteiger partial charge in [-0.05, 0) is 30.9 Å². The summed E-state index contributed by atoms with van der Waals surface area (Å²) in [6.07, 6.45) is 2.41. The van der Waals surface area contributed by atoms with Crippen LogP contribution in [0.15, 0.2) is 29.6 Å². The molecule has 1 saturated carbocycles. The van der Waals surface area contributed by atoms with Crippen LogP contribution < -0.4 is 5.32 Å². The molecule has 5 nitrogen and oxygen atoms in total. The van der Waals surface area contributed by atoms with Crippen LogP contribution >= 0.6 is 11.3 Å². The molecule has 0 unspecified atom stereocenters. The standard InChI is InChI=1S/C17H17FN2O3S/c18-12-4-2-1-3-11(12)9-17(6-7-17)16(23)19-8-5-14-20-13(10-24-14)15(21)22/h1-4,10H,5-9H2,(H,19,23)(H,21,22). The van der Waals surface area contributed by atoms with Gasteiger partial charge in [0.25, 0.3) is 0 Å². The summed E-state index contributed by atoms with van der Waals surface area (Å²) in [4.78, 5) is 27.2. The number of thiazole rings is 1. The summed E-state index contributed by atoms with van der Waals surface area (Å²) in [5.74, 6) is -1.40. The van der Waals surface area contributed by atoms with Crippen molar-refractivity contribution >= 4 is 23.2 Å². The Hall–Kier alpha value is -2.28. The van der Waals surface area contributed by atoms with Crippen molar-refractivity contribution in [3.05, 3.63) is 51.7 Å². The van der Waals surface area contributed by atoms with E-state index >= 15 is 0 Å². The van der Waals surface area contributed by atoms with E-state index in [9.17, 15) is 14.0 Å². The lowest BCUT2D eigenvalue weighted by Crippen LogP contribution is -2.34. The third-order valence-corrected chi connectivity index (χ3v) is 5.13. The Labute approximate surface area is 142 Å². The molecule has 126 valence electrons. The van der Waals surface area contributed by atoms with Crippen LogP contribution in [0.2, 0.25) is 0 Å². The van der Waals surface area contributed by atoms with E-state index in [2.05, 4.69) is 10.3 Å². The van der Waals surface area contributed by atoms with Gasteiger partial charge in [-0.1, -0.05) is 18.2 Å². The highest BCUT2D eigenvalue weighted by Crippen LogP contribution is 2.48. The van der Waals surface area contributed by atoms with Gasteiger partial charge in [-0.25, -0.2) is 14.2 Å². The van der Waals surface area contributed by atoms with Gasteiger partial charge in [0.15, 0.2) is 5.69 Å². The van der Waals surface area contributed by atoms with Gasteiger partial charge in [0.05, 0.1) is 10.4 Å². The second-order valence-corrected chi connectivity index (χ2v) is 6.93. The minimum Gasteiger partial charge on any atom is -0.476 e. The normalized spacial score (nSPS) is 15.0. The van der Waals surface area contributed by atoms with Gasteiger partial charge in [0.2, 0.25) is 5.91 Å². The Bertz CT molecular complexity index is 771. The fraction of sp³-hybridized carbons (Fsp3) is 0.353. The van der Waals surface area contributed by atoms with Crippen LogP contribution in [0.1, 0.15) is 33.9 Å². The lowest BCUT2D eigenvalue weighted by molar-refractivity contribution is -0.126. The zero-order valence-corrected chi connectivity index (χ0v) is 13.7. The van der Waals surface area contributed by atoms with Crippen molar-refractivity contribution in [3.63, 3.8) is 0 Å². The number of nitrogens with one attached hydrogen (secondary N) is 1. The fourth-order valence-corrected chi connectivity index (χ4v) is 3.41. The summed E-state index contributed by atoms with van der Waals surface area (Å²) >= 11 is 1.26. The lowest BCUT2D eigenvalue weighted by Gasteiger charge is -2.15. The lowest BCUT2D eigenvalue weighted by atomic mass is 9.95. The van der Waals surface area contributed by atoms with Crippen molar-refractivity contribution in [1.82, 2.24) is 10.3 Å². The SMILES string of the molecule is O=C(O)c1csc(CCNC(=O)C2(Cc3ccccc3F)CC2)n1. The second kappa shape index (κ2) is 6.68. The fourth-order valence-electron chi connectivity index (χ4n) is 2.64. The number of nitrogens with zero attached hydrogens (tertiary/aromatic N) is 1. The maximum absolute atomic E-state index is 13.8. The number of carboxylic acids is 1. The highest BCUT2D eigenvalue weighted by atomic mass is 32.1. The van der Waals surface area contributed by atoms with Gasteiger partial charge in [0.1, 0.15) is 5.82 Å². The summed E-state index contributed by atoms with van der Waals surface area (Å²) in [5.41, 5.74) is 0.0906. The third kappa shape index (κ3) is 3.62. The van der Waals surface area contributed by atoms with Crippen molar-refractivity contribution in [2.45, 2.75) is 25.7 Å². The van der Waals surface area contributed by atoms with Gasteiger partial charge in [0, 0.05) is 18.3 Å². The van der Waals surface area contributed by atoms with Gasteiger partial charge < -0.3 is 10.4 Å². The molecule has 0 atom stereocenters. The topological polar surface area (TPSA) is 79.3 Å². The van der Waals surface area contributed by atoms with Crippen LogP contribution in [-0.2, 0) is 17.6 Å². The smallest absolute Gasteiger partial charge is 0.355 e. The molecule has 3 rings (SSSR count). The van der Waals surface area contributed by atoms with E-state index in [1.165, 1.54) is 22.8 Å². The molecule has 1 aliphatic carbocycles. The number of aromatic nitrogens is 1. The van der Waals surface area contributed by atoms with Gasteiger partial charge in [-0.3, -0.25) is 4.79 Å². The van der Waals surface area contributed by atoms with E-state index in [4.69, 9.17) is 5.11 Å². The number of carbonyl (C=O) groups is 2. The number of halogens is 1. The average Bonchev–Trinajstić information content (AvgIpc) is 3.18. The zero-order chi connectivity index (χ0) is 17.2. The number of amides is 1. The molecular formula is C17H17FN2O3S. The van der Waals surface area contributed by atoms with E-state index in [1.807, 2.05) is 0 Å². The Morgan fingerprint density at radius 3 is 2.71 bits per heavy atom. The summed E-state index contributed by atoms with van der Waals surface area (Å²) in [6, 6.07) is 6.53. The Balaban J connectivity index is 1.53. The third-order valence-electron chi connectivity index (χ3n) is 4.22. The van der Waals surface area contributed by atoms with Crippen molar-refractivity contribution in [2.24, 2.45) is 5.41 Å². The molecule has 0 bridgehead atoms. The molecule has 1 aromatic carbocycles. The molecule has 1 aromatic heterocycles. The first-order valence-corrected chi connectivity index (χ1v) is 8.57. The monoisotopic (exact) mass is 348 g/mol. The van der Waals surface area contributed by atoms with Crippen LogP contribution in [0.5, 0.6) is 0 Å². The molecule has 1 heterocycles. The molecule has 0 aliphatic heterocycles. The first-order valence-electron chi connectivity index (χ1n) is 7.70. The maximum atomic E-state index is 13.8. The van der Waals surface area contributed by atoms with Crippen LogP contribution in [0.4, 0.5) is 4.39 Å². The minimum absolute atomic E-state index is 0.0274. The molecule has 1 amide bonds. The van der Waals surface area contributed by atoms with Crippen LogP contribution in [0.3, 0.4) is 0 Å². The van der Waals surface area contributed by atoms with Gasteiger partial charge in [-0.2, -0.15) is 0 Å². The quantitative estimate of drug-likeness (QED) is 0.806. The molecule has 0 spiro atoms. The number of hydrogen-bond donors (Lipinski definition) is 2. The predicted octanol–water partition coefficient (Wildman–Crippen LogP) is 2.66. The Morgan fingerprint density at radius 2 is 2.08 bits per heavy atom. The Morgan fingerprint density at radius 1 is 1.33 bits per heavy atom. The molecule has 2 N–H and O–H groups in total. The summed E-state index contributed by atoms with van der Waals surface area (Å²) in [6.45, 7) is 0.393. The van der Waals surface area contributed by atoms with Crippen LogP contribution in [0.25, 0.3) is 0 Å².